The molecule has 1 heterocycles. The third kappa shape index (κ3) is 6.93. The van der Waals surface area contributed by atoms with Crippen LogP contribution in [0, 0.1) is 0 Å². The van der Waals surface area contributed by atoms with Gasteiger partial charge >= 0.3 is 0 Å². The Kier molecular flexibility index (Phi) is 8.93. The van der Waals surface area contributed by atoms with Crippen molar-refractivity contribution >= 4 is 22.8 Å². The zero-order chi connectivity index (χ0) is 24.5. The van der Waals surface area contributed by atoms with Crippen LogP contribution in [-0.2, 0) is 29.0 Å². The number of carbonyl (C=O) groups excluding carboxylic acids is 2. The van der Waals surface area contributed by atoms with Gasteiger partial charge in [0.15, 0.2) is 0 Å². The van der Waals surface area contributed by atoms with Crippen molar-refractivity contribution in [3.8, 4) is 0 Å². The zero-order valence-electron chi connectivity index (χ0n) is 20.9. The monoisotopic (exact) mass is 474 g/mol. The summed E-state index contributed by atoms with van der Waals surface area (Å²) in [5.41, 5.74) is 3.01. The summed E-state index contributed by atoms with van der Waals surface area (Å²) in [5.74, 6) is 1.21. The van der Waals surface area contributed by atoms with Crippen molar-refractivity contribution in [2.45, 2.75) is 76.8 Å². The van der Waals surface area contributed by atoms with Gasteiger partial charge in [-0.2, -0.15) is 0 Å². The van der Waals surface area contributed by atoms with E-state index in [1.165, 1.54) is 19.3 Å². The number of unbranched alkanes of at least 4 members (excludes halogenated alkanes) is 2. The van der Waals surface area contributed by atoms with E-state index in [1.807, 2.05) is 60.5 Å². The van der Waals surface area contributed by atoms with Gasteiger partial charge in [-0.15, -0.1) is 0 Å². The van der Waals surface area contributed by atoms with E-state index in [9.17, 15) is 9.59 Å². The molecule has 1 N–H and O–H groups in total. The number of aromatic nitrogens is 2. The van der Waals surface area contributed by atoms with Crippen LogP contribution < -0.4 is 5.32 Å². The number of hydrogen-bond acceptors (Lipinski definition) is 3. The maximum Gasteiger partial charge on any atom is 0.242 e. The summed E-state index contributed by atoms with van der Waals surface area (Å²) in [7, 11) is 1.96. The van der Waals surface area contributed by atoms with Gasteiger partial charge in [-0.3, -0.25) is 9.59 Å². The van der Waals surface area contributed by atoms with Crippen molar-refractivity contribution in [3.63, 3.8) is 0 Å². The molecule has 2 aromatic carbocycles. The van der Waals surface area contributed by atoms with Crippen LogP contribution in [0.15, 0.2) is 54.6 Å². The van der Waals surface area contributed by atoms with Crippen LogP contribution in [0.2, 0.25) is 0 Å². The lowest BCUT2D eigenvalue weighted by Gasteiger charge is -2.31. The third-order valence-corrected chi connectivity index (χ3v) is 7.15. The van der Waals surface area contributed by atoms with E-state index < -0.39 is 0 Å². The molecule has 0 saturated heterocycles. The third-order valence-electron chi connectivity index (χ3n) is 7.15. The number of fused-ring (bicyclic) bond motifs is 1. The molecular weight excluding hydrogens is 436 g/mol. The lowest BCUT2D eigenvalue weighted by Crippen LogP contribution is -2.40. The number of imidazole rings is 1. The summed E-state index contributed by atoms with van der Waals surface area (Å²) >= 11 is 0. The van der Waals surface area contributed by atoms with Crippen LogP contribution in [0.4, 0.5) is 0 Å². The maximum absolute atomic E-state index is 13.2. The summed E-state index contributed by atoms with van der Waals surface area (Å²) < 4.78 is 2.11. The van der Waals surface area contributed by atoms with E-state index in [1.54, 1.807) is 0 Å². The highest BCUT2D eigenvalue weighted by atomic mass is 16.2. The van der Waals surface area contributed by atoms with Crippen molar-refractivity contribution < 1.29 is 9.59 Å². The summed E-state index contributed by atoms with van der Waals surface area (Å²) in [6.45, 7) is 1.03. The number of aryl methyl sites for hydroxylation is 1. The van der Waals surface area contributed by atoms with Gasteiger partial charge in [0.1, 0.15) is 12.4 Å². The highest BCUT2D eigenvalue weighted by molar-refractivity contribution is 5.81. The Morgan fingerprint density at radius 1 is 0.971 bits per heavy atom. The molecule has 1 saturated carbocycles. The van der Waals surface area contributed by atoms with Crippen LogP contribution >= 0.6 is 0 Å². The minimum atomic E-state index is 0.0681. The fraction of sp³-hybridized carbons (Fsp3) is 0.483. The van der Waals surface area contributed by atoms with Gasteiger partial charge in [0.05, 0.1) is 17.5 Å². The Labute approximate surface area is 208 Å². The molecule has 6 heteroatoms. The molecule has 2 amide bonds. The molecule has 0 aliphatic heterocycles. The molecule has 0 atom stereocenters. The zero-order valence-corrected chi connectivity index (χ0v) is 20.9. The second kappa shape index (κ2) is 12.5. The molecule has 0 bridgehead atoms. The lowest BCUT2D eigenvalue weighted by molar-refractivity contribution is -0.133. The van der Waals surface area contributed by atoms with E-state index in [4.69, 9.17) is 4.98 Å². The standard InChI is InChI=1S/C29H38N4O2/c1-32(24-15-7-3-8-16-24)29(35)22-33-26-18-11-10-17-25(26)31-27(33)19-9-4-12-20-30-28(34)21-23-13-5-2-6-14-23/h2,5-6,10-11,13-14,17-18,24H,3-4,7-9,12,15-16,19-22H2,1H3,(H,30,34). The first kappa shape index (κ1) is 25.0. The number of hydrogen-bond donors (Lipinski definition) is 1. The molecule has 35 heavy (non-hydrogen) atoms. The molecule has 1 aliphatic rings. The molecule has 3 aromatic rings. The highest BCUT2D eigenvalue weighted by Crippen LogP contribution is 2.23. The molecular formula is C29H38N4O2. The smallest absolute Gasteiger partial charge is 0.242 e. The number of amides is 2. The molecule has 6 nitrogen and oxygen atoms in total. The largest absolute Gasteiger partial charge is 0.356 e. The van der Waals surface area contributed by atoms with E-state index >= 15 is 0 Å². The molecule has 0 spiro atoms. The Hall–Kier alpha value is -3.15. The number of para-hydroxylation sites is 2. The second-order valence-electron chi connectivity index (χ2n) is 9.72. The summed E-state index contributed by atoms with van der Waals surface area (Å²) in [6, 6.07) is 18.3. The summed E-state index contributed by atoms with van der Waals surface area (Å²) in [5, 5.41) is 3.02. The van der Waals surface area contributed by atoms with Crippen LogP contribution in [0.5, 0.6) is 0 Å². The van der Waals surface area contributed by atoms with Crippen molar-refractivity contribution in [2.75, 3.05) is 13.6 Å². The van der Waals surface area contributed by atoms with E-state index in [2.05, 4.69) is 16.0 Å². The number of nitrogens with one attached hydrogen (secondary N) is 1. The number of likely N-dealkylation sites (N-methyl/N-ethyl adjacent to an activating group) is 1. The predicted octanol–water partition coefficient (Wildman–Crippen LogP) is 4.90. The number of benzene rings is 2. The van der Waals surface area contributed by atoms with Crippen molar-refractivity contribution in [1.29, 1.82) is 0 Å². The second-order valence-corrected chi connectivity index (χ2v) is 9.72. The number of carbonyl (C=O) groups is 2. The highest BCUT2D eigenvalue weighted by Gasteiger charge is 2.23. The summed E-state index contributed by atoms with van der Waals surface area (Å²) in [6.07, 6.45) is 10.1. The lowest BCUT2D eigenvalue weighted by atomic mass is 9.94. The van der Waals surface area contributed by atoms with Gasteiger partial charge in [0.25, 0.3) is 0 Å². The molecule has 4 rings (SSSR count). The Morgan fingerprint density at radius 3 is 2.51 bits per heavy atom. The van der Waals surface area contributed by atoms with E-state index in [0.29, 0.717) is 25.6 Å². The van der Waals surface area contributed by atoms with Gasteiger partial charge in [-0.05, 0) is 43.4 Å². The quantitative estimate of drug-likeness (QED) is 0.402. The van der Waals surface area contributed by atoms with Gasteiger partial charge in [0.2, 0.25) is 11.8 Å². The minimum absolute atomic E-state index is 0.0681. The van der Waals surface area contributed by atoms with Gasteiger partial charge in [-0.25, -0.2) is 4.98 Å². The van der Waals surface area contributed by atoms with E-state index in [-0.39, 0.29) is 11.8 Å². The molecule has 1 fully saturated rings. The van der Waals surface area contributed by atoms with Crippen molar-refractivity contribution in [2.24, 2.45) is 0 Å². The Balaban J connectivity index is 1.27. The van der Waals surface area contributed by atoms with Crippen LogP contribution in [0.1, 0.15) is 62.8 Å². The first-order chi connectivity index (χ1) is 17.1. The van der Waals surface area contributed by atoms with E-state index in [0.717, 1.165) is 60.9 Å². The first-order valence-electron chi connectivity index (χ1n) is 13.1. The molecule has 186 valence electrons. The normalized spacial score (nSPS) is 14.2. The molecule has 0 unspecified atom stereocenters. The topological polar surface area (TPSA) is 67.2 Å². The van der Waals surface area contributed by atoms with Crippen molar-refractivity contribution in [1.82, 2.24) is 19.8 Å². The van der Waals surface area contributed by atoms with Gasteiger partial charge in [-0.1, -0.05) is 68.1 Å². The van der Waals surface area contributed by atoms with Gasteiger partial charge in [0, 0.05) is 26.1 Å². The average Bonchev–Trinajstić information content (AvgIpc) is 3.23. The maximum atomic E-state index is 13.2. The van der Waals surface area contributed by atoms with Gasteiger partial charge < -0.3 is 14.8 Å². The Bertz CT molecular complexity index is 1100. The SMILES string of the molecule is CN(C(=O)Cn1c(CCCCCNC(=O)Cc2ccccc2)nc2ccccc21)C1CCCCC1. The fourth-order valence-corrected chi connectivity index (χ4v) is 5.07. The number of rotatable bonds is 11. The van der Waals surface area contributed by atoms with Crippen molar-refractivity contribution in [3.05, 3.63) is 66.0 Å². The summed E-state index contributed by atoms with van der Waals surface area (Å²) in [4.78, 5) is 32.1. The fourth-order valence-electron chi connectivity index (χ4n) is 5.07. The average molecular weight is 475 g/mol. The van der Waals surface area contributed by atoms with Crippen LogP contribution in [-0.4, -0.2) is 45.9 Å². The molecule has 0 radical (unpaired) electrons. The molecule has 1 aromatic heterocycles. The minimum Gasteiger partial charge on any atom is -0.356 e. The predicted molar refractivity (Wildman–Crippen MR) is 140 cm³/mol. The first-order valence-corrected chi connectivity index (χ1v) is 13.1. The van der Waals surface area contributed by atoms with Crippen LogP contribution in [0.3, 0.4) is 0 Å². The molecule has 1 aliphatic carbocycles. The number of nitrogens with zero attached hydrogens (tertiary/aromatic N) is 3. The Morgan fingerprint density at radius 2 is 1.71 bits per heavy atom. The van der Waals surface area contributed by atoms with Crippen LogP contribution in [0.25, 0.3) is 11.0 Å².